The highest BCUT2D eigenvalue weighted by atomic mass is 32.2. The molecular formula is C13H20N6O5S. The van der Waals surface area contributed by atoms with Crippen LogP contribution in [-0.2, 0) is 35.4 Å². The van der Waals surface area contributed by atoms with Crippen LogP contribution in [0.3, 0.4) is 0 Å². The van der Waals surface area contributed by atoms with Crippen molar-refractivity contribution in [3.63, 3.8) is 0 Å². The van der Waals surface area contributed by atoms with Crippen molar-refractivity contribution >= 4 is 10.0 Å². The molecule has 11 nitrogen and oxygen atoms in total. The van der Waals surface area contributed by atoms with E-state index in [0.29, 0.717) is 19.0 Å². The summed E-state index contributed by atoms with van der Waals surface area (Å²) in [4.78, 5) is 23.3. The molecule has 1 atom stereocenters. The molecule has 2 aromatic heterocycles. The summed E-state index contributed by atoms with van der Waals surface area (Å²) < 4.78 is 35.9. The number of ether oxygens (including phenoxy) is 1. The van der Waals surface area contributed by atoms with Gasteiger partial charge in [-0.25, -0.2) is 17.9 Å². The normalized spacial score (nSPS) is 13.1. The van der Waals surface area contributed by atoms with E-state index in [-0.39, 0.29) is 0 Å². The van der Waals surface area contributed by atoms with Gasteiger partial charge in [0.15, 0.2) is 10.7 Å². The van der Waals surface area contributed by atoms with Crippen molar-refractivity contribution in [2.75, 3.05) is 13.7 Å². The molecule has 2 heterocycles. The third-order valence-electron chi connectivity index (χ3n) is 3.61. The first-order valence-corrected chi connectivity index (χ1v) is 8.83. The molecule has 0 spiro atoms. The highest BCUT2D eigenvalue weighted by Gasteiger charge is 2.25. The van der Waals surface area contributed by atoms with E-state index in [2.05, 4.69) is 14.9 Å². The number of nitrogens with zero attached hydrogens (tertiary/aromatic N) is 5. The number of nitrogens with one attached hydrogen (secondary N) is 1. The minimum Gasteiger partial charge on any atom is -0.383 e. The highest BCUT2D eigenvalue weighted by molar-refractivity contribution is 7.89. The summed E-state index contributed by atoms with van der Waals surface area (Å²) in [6, 6.07) is -0.744. The van der Waals surface area contributed by atoms with E-state index < -0.39 is 32.2 Å². The Morgan fingerprint density at radius 2 is 2.00 bits per heavy atom. The van der Waals surface area contributed by atoms with Gasteiger partial charge in [0.25, 0.3) is 5.56 Å². The molecule has 1 unspecified atom stereocenters. The van der Waals surface area contributed by atoms with Crippen LogP contribution < -0.4 is 16.0 Å². The van der Waals surface area contributed by atoms with E-state index in [1.807, 2.05) is 0 Å². The van der Waals surface area contributed by atoms with Crippen molar-refractivity contribution in [2.45, 2.75) is 24.4 Å². The maximum absolute atomic E-state index is 12.6. The molecule has 0 aliphatic carbocycles. The fourth-order valence-electron chi connectivity index (χ4n) is 2.27. The molecule has 0 saturated carbocycles. The smallest absolute Gasteiger partial charge is 0.330 e. The minimum atomic E-state index is -4.17. The molecule has 0 bridgehead atoms. The van der Waals surface area contributed by atoms with Gasteiger partial charge in [0.05, 0.1) is 12.6 Å². The zero-order valence-corrected chi connectivity index (χ0v) is 15.1. The molecule has 0 fully saturated rings. The van der Waals surface area contributed by atoms with Crippen LogP contribution in [0.4, 0.5) is 0 Å². The summed E-state index contributed by atoms with van der Waals surface area (Å²) in [6.07, 6.45) is 2.46. The number of rotatable bonds is 7. The maximum Gasteiger partial charge on any atom is 0.330 e. The van der Waals surface area contributed by atoms with Crippen LogP contribution in [0.25, 0.3) is 0 Å². The van der Waals surface area contributed by atoms with Gasteiger partial charge < -0.3 is 13.9 Å². The van der Waals surface area contributed by atoms with Crippen molar-refractivity contribution < 1.29 is 13.2 Å². The number of aromatic nitrogens is 5. The topological polar surface area (TPSA) is 130 Å². The summed E-state index contributed by atoms with van der Waals surface area (Å²) in [7, 11) is -0.0400. The van der Waals surface area contributed by atoms with Gasteiger partial charge in [-0.3, -0.25) is 9.36 Å². The highest BCUT2D eigenvalue weighted by Crippen LogP contribution is 2.13. The zero-order valence-electron chi connectivity index (χ0n) is 14.3. The molecule has 0 aromatic carbocycles. The van der Waals surface area contributed by atoms with Crippen LogP contribution in [0.1, 0.15) is 18.8 Å². The maximum atomic E-state index is 12.6. The largest absolute Gasteiger partial charge is 0.383 e. The minimum absolute atomic E-state index is 0.377. The molecule has 138 valence electrons. The first kappa shape index (κ1) is 19.0. The van der Waals surface area contributed by atoms with Gasteiger partial charge >= 0.3 is 5.69 Å². The van der Waals surface area contributed by atoms with E-state index in [9.17, 15) is 18.0 Å². The predicted octanol–water partition coefficient (Wildman–Crippen LogP) is -1.64. The number of sulfonamides is 1. The van der Waals surface area contributed by atoms with Crippen LogP contribution in [0.15, 0.2) is 27.0 Å². The summed E-state index contributed by atoms with van der Waals surface area (Å²) in [6.45, 7) is 2.44. The lowest BCUT2D eigenvalue weighted by Gasteiger charge is -2.15. The molecule has 1 N–H and O–H groups in total. The summed E-state index contributed by atoms with van der Waals surface area (Å²) in [5, 5.41) is 7.68. The van der Waals surface area contributed by atoms with Crippen molar-refractivity contribution in [3.05, 3.63) is 39.2 Å². The lowest BCUT2D eigenvalue weighted by Crippen LogP contribution is -2.42. The lowest BCUT2D eigenvalue weighted by molar-refractivity contribution is 0.185. The molecule has 2 rings (SSSR count). The van der Waals surface area contributed by atoms with Gasteiger partial charge in [0, 0.05) is 33.9 Å². The molecule has 25 heavy (non-hydrogen) atoms. The Kier molecular flexibility index (Phi) is 5.55. The molecule has 0 aliphatic rings. The molecule has 0 radical (unpaired) electrons. The van der Waals surface area contributed by atoms with Crippen LogP contribution in [0.2, 0.25) is 0 Å². The van der Waals surface area contributed by atoms with Gasteiger partial charge in [-0.2, -0.15) is 0 Å². The second-order valence-electron chi connectivity index (χ2n) is 5.47. The molecule has 2 aromatic rings. The Balaban J connectivity index is 2.35. The van der Waals surface area contributed by atoms with E-state index in [1.54, 1.807) is 18.6 Å². The monoisotopic (exact) mass is 372 g/mol. The summed E-state index contributed by atoms with van der Waals surface area (Å²) in [5.74, 6) is 0.377. The van der Waals surface area contributed by atoms with Crippen LogP contribution in [-0.4, -0.2) is 46.0 Å². The molecule has 0 amide bonds. The quantitative estimate of drug-likeness (QED) is 0.617. The number of aryl methyl sites for hydroxylation is 1. The van der Waals surface area contributed by atoms with E-state index in [1.165, 1.54) is 20.4 Å². The molecule has 12 heteroatoms. The Morgan fingerprint density at radius 3 is 2.64 bits per heavy atom. The first-order valence-electron chi connectivity index (χ1n) is 7.34. The average Bonchev–Trinajstić information content (AvgIpc) is 3.02. The summed E-state index contributed by atoms with van der Waals surface area (Å²) in [5.41, 5.74) is -1.51. The predicted molar refractivity (Wildman–Crippen MR) is 87.6 cm³/mol. The van der Waals surface area contributed by atoms with Crippen molar-refractivity contribution in [1.82, 2.24) is 28.6 Å². The lowest BCUT2D eigenvalue weighted by atomic mass is 10.3. The third-order valence-corrected chi connectivity index (χ3v) is 5.13. The van der Waals surface area contributed by atoms with E-state index in [4.69, 9.17) is 4.74 Å². The van der Waals surface area contributed by atoms with Gasteiger partial charge in [-0.1, -0.05) is 0 Å². The Morgan fingerprint density at radius 1 is 1.32 bits per heavy atom. The van der Waals surface area contributed by atoms with Gasteiger partial charge in [0.2, 0.25) is 10.0 Å². The zero-order chi connectivity index (χ0) is 18.8. The molecule has 0 aliphatic heterocycles. The van der Waals surface area contributed by atoms with Gasteiger partial charge in [-0.05, 0) is 6.92 Å². The molecular weight excluding hydrogens is 352 g/mol. The van der Waals surface area contributed by atoms with Crippen molar-refractivity contribution in [1.29, 1.82) is 0 Å². The second-order valence-corrected chi connectivity index (χ2v) is 7.15. The second kappa shape index (κ2) is 7.29. The van der Waals surface area contributed by atoms with E-state index in [0.717, 1.165) is 15.3 Å². The van der Waals surface area contributed by atoms with Crippen LogP contribution in [0, 0.1) is 0 Å². The average molecular weight is 372 g/mol. The van der Waals surface area contributed by atoms with E-state index >= 15 is 0 Å². The number of hydrogen-bond donors (Lipinski definition) is 1. The first-order chi connectivity index (χ1) is 11.7. The fraction of sp³-hybridized carbons (Fsp3) is 0.538. The van der Waals surface area contributed by atoms with Crippen LogP contribution in [0.5, 0.6) is 0 Å². The number of methoxy groups -OCH3 is 1. The number of hydrogen-bond acceptors (Lipinski definition) is 7. The van der Waals surface area contributed by atoms with Crippen molar-refractivity contribution in [2.24, 2.45) is 14.1 Å². The third kappa shape index (κ3) is 3.86. The van der Waals surface area contributed by atoms with Crippen molar-refractivity contribution in [3.8, 4) is 0 Å². The summed E-state index contributed by atoms with van der Waals surface area (Å²) >= 11 is 0. The fourth-order valence-corrected chi connectivity index (χ4v) is 3.63. The van der Waals surface area contributed by atoms with Gasteiger partial charge in [-0.15, -0.1) is 10.2 Å². The molecule has 0 saturated heterocycles. The Hall–Kier alpha value is -2.31. The Bertz CT molecular complexity index is 974. The standard InChI is InChI=1S/C13H20N6O5S/c1-9(11-15-14-8-19(11)5-6-24-4)16-25(22,23)10-7-17(2)13(21)18(3)12(10)20/h7-9,16H,5-6H2,1-4H3. The van der Waals surface area contributed by atoms with Crippen LogP contribution >= 0.6 is 0 Å². The Labute approximate surface area is 143 Å². The van der Waals surface area contributed by atoms with Gasteiger partial charge in [0.1, 0.15) is 6.33 Å². The SMILES string of the molecule is COCCn1cnnc1C(C)NS(=O)(=O)c1cn(C)c(=O)n(C)c1=O.